The van der Waals surface area contributed by atoms with E-state index in [-0.39, 0.29) is 22.9 Å². The van der Waals surface area contributed by atoms with Gasteiger partial charge < -0.3 is 4.90 Å². The van der Waals surface area contributed by atoms with E-state index in [1.165, 1.54) is 0 Å². The fourth-order valence-electron chi connectivity index (χ4n) is 4.84. The lowest BCUT2D eigenvalue weighted by molar-refractivity contribution is -0.162. The third-order valence-corrected chi connectivity index (χ3v) is 6.15. The fraction of sp³-hybridized carbons (Fsp3) is 0.850. The maximum absolute atomic E-state index is 12.9. The van der Waals surface area contributed by atoms with E-state index in [2.05, 4.69) is 49.7 Å². The van der Waals surface area contributed by atoms with Crippen LogP contribution in [0.4, 0.5) is 0 Å². The van der Waals surface area contributed by atoms with Gasteiger partial charge in [-0.25, -0.2) is 5.32 Å². The second kappa shape index (κ2) is 6.48. The van der Waals surface area contributed by atoms with E-state index in [4.69, 9.17) is 0 Å². The van der Waals surface area contributed by atoms with Crippen LogP contribution in [0.15, 0.2) is 0 Å². The van der Waals surface area contributed by atoms with Crippen LogP contribution >= 0.6 is 0 Å². The summed E-state index contributed by atoms with van der Waals surface area (Å²) in [5, 5.41) is 4.21. The van der Waals surface area contributed by atoms with Gasteiger partial charge >= 0.3 is 0 Å². The number of hydrogen-bond acceptors (Lipinski definition) is 4. The van der Waals surface area contributed by atoms with Gasteiger partial charge in [0.05, 0.1) is 17.6 Å². The van der Waals surface area contributed by atoms with Crippen molar-refractivity contribution in [1.82, 2.24) is 20.0 Å². The van der Waals surface area contributed by atoms with Gasteiger partial charge in [-0.2, -0.15) is 0 Å². The minimum Gasteiger partial charge on any atom is -0.339 e. The molecule has 148 valence electrons. The van der Waals surface area contributed by atoms with Crippen molar-refractivity contribution in [2.75, 3.05) is 32.7 Å². The fourth-order valence-corrected chi connectivity index (χ4v) is 4.84. The van der Waals surface area contributed by atoms with E-state index in [0.29, 0.717) is 26.2 Å². The molecule has 6 nitrogen and oxygen atoms in total. The molecule has 0 unspecified atom stereocenters. The number of piperazine rings is 2. The lowest BCUT2D eigenvalue weighted by Crippen LogP contribution is -2.73. The molecule has 2 amide bonds. The quantitative estimate of drug-likeness (QED) is 0.759. The number of rotatable bonds is 4. The van der Waals surface area contributed by atoms with Crippen molar-refractivity contribution < 1.29 is 9.59 Å². The van der Waals surface area contributed by atoms with E-state index >= 15 is 0 Å². The van der Waals surface area contributed by atoms with E-state index in [0.717, 1.165) is 6.54 Å². The summed E-state index contributed by atoms with van der Waals surface area (Å²) >= 11 is 0. The third kappa shape index (κ3) is 3.38. The van der Waals surface area contributed by atoms with Gasteiger partial charge in [-0.15, -0.1) is 0 Å². The maximum atomic E-state index is 12.9. The van der Waals surface area contributed by atoms with Gasteiger partial charge in [0.25, 0.3) is 5.91 Å². The van der Waals surface area contributed by atoms with Gasteiger partial charge in [0.15, 0.2) is 0 Å². The number of amides is 2. The Morgan fingerprint density at radius 1 is 0.885 bits per heavy atom. The average Bonchev–Trinajstić information content (AvgIpc) is 2.50. The van der Waals surface area contributed by atoms with Crippen molar-refractivity contribution in [1.29, 1.82) is 0 Å². The first-order valence-electron chi connectivity index (χ1n) is 9.54. The number of hydrogen-bond donors (Lipinski definition) is 0. The Hall–Kier alpha value is -1.14. The van der Waals surface area contributed by atoms with Gasteiger partial charge in [-0.05, 0) is 62.3 Å². The Labute approximate surface area is 159 Å². The summed E-state index contributed by atoms with van der Waals surface area (Å²) in [5.41, 5.74) is -1.58. The Kier molecular flexibility index (Phi) is 5.28. The highest BCUT2D eigenvalue weighted by atomic mass is 16.2. The molecule has 0 atom stereocenters. The molecule has 0 aromatic heterocycles. The average molecular weight is 365 g/mol. The molecule has 0 spiro atoms. The molecule has 0 aliphatic carbocycles. The van der Waals surface area contributed by atoms with Gasteiger partial charge in [0.1, 0.15) is 0 Å². The molecular weight excluding hydrogens is 328 g/mol. The predicted octanol–water partition coefficient (Wildman–Crippen LogP) is 1.53. The minimum absolute atomic E-state index is 0.0618. The van der Waals surface area contributed by atoms with Crippen LogP contribution in [-0.2, 0) is 9.59 Å². The predicted molar refractivity (Wildman–Crippen MR) is 104 cm³/mol. The number of carbonyl (C=O) groups excluding carboxylic acids is 2. The number of carbonyl (C=O) groups is 2. The first-order valence-corrected chi connectivity index (χ1v) is 9.54. The smallest absolute Gasteiger partial charge is 0.261 e. The molecule has 2 rings (SSSR count). The zero-order chi connectivity index (χ0) is 20.1. The van der Waals surface area contributed by atoms with Gasteiger partial charge in [-0.3, -0.25) is 19.4 Å². The van der Waals surface area contributed by atoms with Crippen molar-refractivity contribution in [2.45, 2.75) is 77.5 Å². The molecule has 26 heavy (non-hydrogen) atoms. The topological polar surface area (TPSA) is 58.0 Å². The highest BCUT2D eigenvalue weighted by Gasteiger charge is 2.52. The van der Waals surface area contributed by atoms with Crippen LogP contribution in [0.5, 0.6) is 0 Å². The summed E-state index contributed by atoms with van der Waals surface area (Å²) in [6.07, 6.45) is 0. The maximum Gasteiger partial charge on any atom is 0.261 e. The van der Waals surface area contributed by atoms with E-state index in [1.54, 1.807) is 0 Å². The van der Waals surface area contributed by atoms with Crippen molar-refractivity contribution >= 4 is 11.8 Å². The van der Waals surface area contributed by atoms with Crippen molar-refractivity contribution in [2.24, 2.45) is 0 Å². The lowest BCUT2D eigenvalue weighted by Gasteiger charge is -2.57. The second-order valence-corrected chi connectivity index (χ2v) is 9.89. The van der Waals surface area contributed by atoms with Crippen molar-refractivity contribution in [3.63, 3.8) is 0 Å². The molecule has 0 aromatic rings. The Bertz CT molecular complexity index is 580. The van der Waals surface area contributed by atoms with Crippen LogP contribution < -0.4 is 5.32 Å². The summed E-state index contributed by atoms with van der Waals surface area (Å²) in [5.74, 6) is 0.0587. The minimum atomic E-state index is -0.630. The third-order valence-electron chi connectivity index (χ3n) is 6.15. The highest BCUT2D eigenvalue weighted by Crippen LogP contribution is 2.35. The highest BCUT2D eigenvalue weighted by molar-refractivity contribution is 5.87. The Morgan fingerprint density at radius 2 is 1.38 bits per heavy atom. The second-order valence-electron chi connectivity index (χ2n) is 9.89. The summed E-state index contributed by atoms with van der Waals surface area (Å²) in [6.45, 7) is 23.5. The first kappa shape index (κ1) is 21.2. The molecule has 2 aliphatic rings. The van der Waals surface area contributed by atoms with Gasteiger partial charge in [0, 0.05) is 37.3 Å². The zero-order valence-electron chi connectivity index (χ0n) is 17.8. The molecule has 2 saturated heterocycles. The van der Waals surface area contributed by atoms with E-state index in [1.807, 2.05) is 32.6 Å². The van der Waals surface area contributed by atoms with Crippen molar-refractivity contribution in [3.05, 3.63) is 6.92 Å². The number of nitrogens with zero attached hydrogens (tertiary/aromatic N) is 4. The van der Waals surface area contributed by atoms with Crippen LogP contribution in [0.2, 0.25) is 0 Å². The van der Waals surface area contributed by atoms with Gasteiger partial charge in [-0.1, -0.05) is 0 Å². The molecule has 0 N–H and O–H groups in total. The molecule has 6 heteroatoms. The summed E-state index contributed by atoms with van der Waals surface area (Å²) in [6, 6.07) is 0. The van der Waals surface area contributed by atoms with E-state index in [9.17, 15) is 9.59 Å². The molecule has 2 radical (unpaired) electrons. The first-order chi connectivity index (χ1) is 11.7. The van der Waals surface area contributed by atoms with Crippen LogP contribution in [0.1, 0.15) is 55.4 Å². The lowest BCUT2D eigenvalue weighted by atomic mass is 9.85. The van der Waals surface area contributed by atoms with Crippen molar-refractivity contribution in [3.8, 4) is 0 Å². The molecule has 2 aliphatic heterocycles. The Morgan fingerprint density at radius 3 is 1.88 bits per heavy atom. The summed E-state index contributed by atoms with van der Waals surface area (Å²) in [7, 11) is 0. The molecular formula is C20H36N4O2. The van der Waals surface area contributed by atoms with Crippen LogP contribution in [0, 0.1) is 6.92 Å². The Balaban J connectivity index is 2.26. The monoisotopic (exact) mass is 364 g/mol. The standard InChI is InChI=1S/C20H36N4O2/c1-10-22-14-18(4,5)24(20(8,9)16(22)26)12-11-23-17(2,3)13-21-15(25)19(23,6)7/h1,10-14H2,2-9H3. The van der Waals surface area contributed by atoms with Crippen LogP contribution in [-0.4, -0.2) is 81.4 Å². The van der Waals surface area contributed by atoms with Gasteiger partial charge in [0.2, 0.25) is 5.91 Å². The zero-order valence-corrected chi connectivity index (χ0v) is 17.8. The SMILES string of the molecule is [CH2]CN1CC(C)(C)N(CCN2C(C)(C)C[N]C(=O)C2(C)C)C(C)(C)C1=O. The molecule has 2 heterocycles. The summed E-state index contributed by atoms with van der Waals surface area (Å²) in [4.78, 5) is 31.6. The van der Waals surface area contributed by atoms with Crippen LogP contribution in [0.3, 0.4) is 0 Å². The molecule has 0 bridgehead atoms. The molecule has 2 fully saturated rings. The largest absolute Gasteiger partial charge is 0.339 e. The summed E-state index contributed by atoms with van der Waals surface area (Å²) < 4.78 is 0. The molecule has 0 saturated carbocycles. The van der Waals surface area contributed by atoms with Crippen LogP contribution in [0.25, 0.3) is 0 Å². The normalized spacial score (nSPS) is 28.1. The van der Waals surface area contributed by atoms with E-state index < -0.39 is 11.1 Å². The molecule has 0 aromatic carbocycles.